The number of amides is 1. The highest BCUT2D eigenvalue weighted by Gasteiger charge is 2.11. The molecule has 0 radical (unpaired) electrons. The minimum Gasteiger partial charge on any atom is -0.497 e. The van der Waals surface area contributed by atoms with Gasteiger partial charge in [-0.05, 0) is 35.4 Å². The minimum absolute atomic E-state index is 0.0714. The summed E-state index contributed by atoms with van der Waals surface area (Å²) in [5, 5.41) is 8.59. The van der Waals surface area contributed by atoms with E-state index >= 15 is 0 Å². The van der Waals surface area contributed by atoms with Crippen LogP contribution >= 0.6 is 0 Å². The van der Waals surface area contributed by atoms with Crippen LogP contribution in [0.4, 0.5) is 5.69 Å². The lowest BCUT2D eigenvalue weighted by molar-refractivity contribution is -0.115. The highest BCUT2D eigenvalue weighted by Crippen LogP contribution is 2.24. The lowest BCUT2D eigenvalue weighted by Gasteiger charge is -2.16. The van der Waals surface area contributed by atoms with E-state index in [1.165, 1.54) is 16.3 Å². The van der Waals surface area contributed by atoms with E-state index in [0.29, 0.717) is 0 Å². The fraction of sp³-hybridized carbons (Fsp3) is 0.190. The number of methoxy groups -OCH3 is 1. The summed E-state index contributed by atoms with van der Waals surface area (Å²) >= 11 is 0. The summed E-state index contributed by atoms with van der Waals surface area (Å²) < 4.78 is 5.17. The molecule has 3 aromatic rings. The predicted molar refractivity (Wildman–Crippen MR) is 102 cm³/mol. The number of ether oxygens (including phenoxy) is 1. The highest BCUT2D eigenvalue weighted by atomic mass is 16.5. The van der Waals surface area contributed by atoms with Gasteiger partial charge in [0.05, 0.1) is 13.7 Å². The molecule has 128 valence electrons. The normalized spacial score (nSPS) is 11.9. The summed E-state index contributed by atoms with van der Waals surface area (Å²) in [6.45, 7) is 2.31. The number of carbonyl (C=O) groups is 1. The topological polar surface area (TPSA) is 50.4 Å². The summed E-state index contributed by atoms with van der Waals surface area (Å²) in [4.78, 5) is 12.2. The van der Waals surface area contributed by atoms with E-state index in [-0.39, 0.29) is 18.5 Å². The van der Waals surface area contributed by atoms with Crippen molar-refractivity contribution >= 4 is 22.4 Å². The lowest BCUT2D eigenvalue weighted by Crippen LogP contribution is -2.30. The second-order valence-electron chi connectivity index (χ2n) is 5.95. The van der Waals surface area contributed by atoms with Gasteiger partial charge < -0.3 is 15.4 Å². The fourth-order valence-electron chi connectivity index (χ4n) is 2.89. The Labute approximate surface area is 147 Å². The molecule has 0 unspecified atom stereocenters. The Bertz CT molecular complexity index is 871. The van der Waals surface area contributed by atoms with E-state index in [9.17, 15) is 4.79 Å². The number of anilines is 1. The zero-order chi connectivity index (χ0) is 17.6. The van der Waals surface area contributed by atoms with Gasteiger partial charge in [-0.15, -0.1) is 0 Å². The average Bonchev–Trinajstić information content (AvgIpc) is 2.65. The molecular weight excluding hydrogens is 312 g/mol. The maximum Gasteiger partial charge on any atom is 0.238 e. The minimum atomic E-state index is -0.0830. The first-order valence-electron chi connectivity index (χ1n) is 8.32. The van der Waals surface area contributed by atoms with Gasteiger partial charge in [-0.3, -0.25) is 4.79 Å². The largest absolute Gasteiger partial charge is 0.497 e. The van der Waals surface area contributed by atoms with Crippen LogP contribution in [0.3, 0.4) is 0 Å². The first-order chi connectivity index (χ1) is 12.2. The van der Waals surface area contributed by atoms with Crippen molar-refractivity contribution in [3.05, 3.63) is 72.3 Å². The molecule has 3 aromatic carbocycles. The first-order valence-corrected chi connectivity index (χ1v) is 8.32. The van der Waals surface area contributed by atoms with Crippen molar-refractivity contribution in [2.45, 2.75) is 13.0 Å². The Morgan fingerprint density at radius 3 is 2.64 bits per heavy atom. The Morgan fingerprint density at radius 2 is 1.80 bits per heavy atom. The molecule has 0 heterocycles. The molecule has 0 aromatic heterocycles. The Morgan fingerprint density at radius 1 is 1.04 bits per heavy atom. The van der Waals surface area contributed by atoms with Crippen molar-refractivity contribution in [3.8, 4) is 5.75 Å². The molecule has 3 rings (SSSR count). The molecule has 0 aliphatic carbocycles. The van der Waals surface area contributed by atoms with Crippen molar-refractivity contribution in [2.75, 3.05) is 19.0 Å². The summed E-state index contributed by atoms with van der Waals surface area (Å²) in [7, 11) is 1.61. The smallest absolute Gasteiger partial charge is 0.238 e. The molecule has 0 bridgehead atoms. The molecule has 0 saturated carbocycles. The van der Waals surface area contributed by atoms with Crippen LogP contribution in [0.1, 0.15) is 18.5 Å². The molecule has 0 spiro atoms. The number of carbonyl (C=O) groups excluding carboxylic acids is 1. The molecule has 0 fully saturated rings. The van der Waals surface area contributed by atoms with Gasteiger partial charge in [0.1, 0.15) is 5.75 Å². The van der Waals surface area contributed by atoms with Crippen LogP contribution < -0.4 is 15.4 Å². The SMILES string of the molecule is COc1cccc(NC(=O)CN[C@@H](C)c2cccc3ccccc23)c1. The molecule has 0 aliphatic rings. The predicted octanol–water partition coefficient (Wildman–Crippen LogP) is 4.14. The van der Waals surface area contributed by atoms with Crippen LogP contribution in [0.2, 0.25) is 0 Å². The fourth-order valence-corrected chi connectivity index (χ4v) is 2.89. The number of rotatable bonds is 6. The Kier molecular flexibility index (Phi) is 5.31. The monoisotopic (exact) mass is 334 g/mol. The maximum absolute atomic E-state index is 12.2. The second kappa shape index (κ2) is 7.81. The van der Waals surface area contributed by atoms with Gasteiger partial charge in [0.2, 0.25) is 5.91 Å². The molecule has 0 saturated heterocycles. The van der Waals surface area contributed by atoms with Crippen molar-refractivity contribution in [3.63, 3.8) is 0 Å². The quantitative estimate of drug-likeness (QED) is 0.712. The van der Waals surface area contributed by atoms with Gasteiger partial charge in [-0.1, -0.05) is 48.5 Å². The molecule has 2 N–H and O–H groups in total. The number of benzene rings is 3. The molecule has 25 heavy (non-hydrogen) atoms. The molecule has 1 amide bonds. The third-order valence-electron chi connectivity index (χ3n) is 4.21. The van der Waals surface area contributed by atoms with E-state index in [4.69, 9.17) is 4.74 Å². The summed E-state index contributed by atoms with van der Waals surface area (Å²) in [6.07, 6.45) is 0. The highest BCUT2D eigenvalue weighted by molar-refractivity contribution is 5.92. The van der Waals surface area contributed by atoms with Gasteiger partial charge >= 0.3 is 0 Å². The van der Waals surface area contributed by atoms with Crippen LogP contribution in [0.5, 0.6) is 5.75 Å². The first kappa shape index (κ1) is 17.0. The van der Waals surface area contributed by atoms with Gasteiger partial charge in [0.15, 0.2) is 0 Å². The lowest BCUT2D eigenvalue weighted by atomic mass is 10.00. The molecule has 0 aliphatic heterocycles. The molecular formula is C21H22N2O2. The van der Waals surface area contributed by atoms with E-state index < -0.39 is 0 Å². The van der Waals surface area contributed by atoms with Crippen molar-refractivity contribution in [2.24, 2.45) is 0 Å². The van der Waals surface area contributed by atoms with Crippen molar-refractivity contribution in [1.29, 1.82) is 0 Å². The summed E-state index contributed by atoms with van der Waals surface area (Å²) in [6, 6.07) is 21.9. The molecule has 1 atom stereocenters. The zero-order valence-corrected chi connectivity index (χ0v) is 14.5. The van der Waals surface area contributed by atoms with Gasteiger partial charge in [-0.2, -0.15) is 0 Å². The van der Waals surface area contributed by atoms with Crippen LogP contribution in [0, 0.1) is 0 Å². The summed E-state index contributed by atoms with van der Waals surface area (Å²) in [5.74, 6) is 0.634. The third kappa shape index (κ3) is 4.17. The number of fused-ring (bicyclic) bond motifs is 1. The van der Waals surface area contributed by atoms with E-state index in [1.54, 1.807) is 13.2 Å². The molecule has 4 heteroatoms. The van der Waals surface area contributed by atoms with Crippen LogP contribution in [-0.4, -0.2) is 19.6 Å². The average molecular weight is 334 g/mol. The van der Waals surface area contributed by atoms with E-state index in [0.717, 1.165) is 11.4 Å². The standard InChI is InChI=1S/C21H22N2O2/c1-15(19-12-5-8-16-7-3-4-11-20(16)19)22-14-21(24)23-17-9-6-10-18(13-17)25-2/h3-13,15,22H,14H2,1-2H3,(H,23,24)/t15-/m0/s1. The third-order valence-corrected chi connectivity index (χ3v) is 4.21. The number of nitrogens with one attached hydrogen (secondary N) is 2. The van der Waals surface area contributed by atoms with E-state index in [2.05, 4.69) is 41.8 Å². The van der Waals surface area contributed by atoms with Crippen LogP contribution in [0.15, 0.2) is 66.7 Å². The van der Waals surface area contributed by atoms with Crippen molar-refractivity contribution < 1.29 is 9.53 Å². The van der Waals surface area contributed by atoms with Gasteiger partial charge in [0, 0.05) is 17.8 Å². The Hall–Kier alpha value is -2.85. The number of hydrogen-bond acceptors (Lipinski definition) is 3. The number of hydrogen-bond donors (Lipinski definition) is 2. The second-order valence-corrected chi connectivity index (χ2v) is 5.95. The molecule has 4 nitrogen and oxygen atoms in total. The van der Waals surface area contributed by atoms with Gasteiger partial charge in [0.25, 0.3) is 0 Å². The van der Waals surface area contributed by atoms with E-state index in [1.807, 2.05) is 36.4 Å². The van der Waals surface area contributed by atoms with Crippen LogP contribution in [-0.2, 0) is 4.79 Å². The maximum atomic E-state index is 12.2. The van der Waals surface area contributed by atoms with Crippen molar-refractivity contribution in [1.82, 2.24) is 5.32 Å². The van der Waals surface area contributed by atoms with Crippen LogP contribution in [0.25, 0.3) is 10.8 Å². The van der Waals surface area contributed by atoms with Gasteiger partial charge in [-0.25, -0.2) is 0 Å². The summed E-state index contributed by atoms with van der Waals surface area (Å²) in [5.41, 5.74) is 1.91. The zero-order valence-electron chi connectivity index (χ0n) is 14.5. The Balaban J connectivity index is 1.63.